The monoisotopic (exact) mass is 293 g/mol. The number of nitrogens with one attached hydrogen (secondary N) is 1. The fourth-order valence-electron chi connectivity index (χ4n) is 3.54. The van der Waals surface area contributed by atoms with Gasteiger partial charge in [-0.05, 0) is 51.2 Å². The lowest BCUT2D eigenvalue weighted by Gasteiger charge is -2.47. The van der Waals surface area contributed by atoms with E-state index in [1.165, 1.54) is 4.90 Å². The number of carbonyl (C=O) groups is 3. The van der Waals surface area contributed by atoms with Crippen LogP contribution in [-0.2, 0) is 9.59 Å². The molecule has 0 aromatic rings. The third kappa shape index (κ3) is 2.25. The van der Waals surface area contributed by atoms with Gasteiger partial charge in [0.1, 0.15) is 5.41 Å². The summed E-state index contributed by atoms with van der Waals surface area (Å²) in [6.45, 7) is 4.50. The van der Waals surface area contributed by atoms with Gasteiger partial charge in [-0.25, -0.2) is 4.79 Å². The molecule has 1 N–H and O–H groups in total. The predicted octanol–water partition coefficient (Wildman–Crippen LogP) is 0.967. The van der Waals surface area contributed by atoms with Crippen molar-refractivity contribution in [3.8, 4) is 0 Å². The second kappa shape index (κ2) is 4.80. The Morgan fingerprint density at radius 2 is 1.71 bits per heavy atom. The van der Waals surface area contributed by atoms with Gasteiger partial charge in [-0.3, -0.25) is 19.8 Å². The van der Waals surface area contributed by atoms with E-state index in [0.717, 1.165) is 32.4 Å². The van der Waals surface area contributed by atoms with E-state index in [1.54, 1.807) is 0 Å². The Labute approximate surface area is 124 Å². The lowest BCUT2D eigenvalue weighted by molar-refractivity contribution is -0.158. The molecular formula is C15H23N3O3. The van der Waals surface area contributed by atoms with Crippen LogP contribution in [0.5, 0.6) is 0 Å². The number of barbiturate groups is 1. The number of piperidine rings is 1. The Kier molecular flexibility index (Phi) is 3.31. The minimum absolute atomic E-state index is 0.0508. The summed E-state index contributed by atoms with van der Waals surface area (Å²) in [5.41, 5.74) is -0.999. The summed E-state index contributed by atoms with van der Waals surface area (Å²) < 4.78 is 0. The Hall–Kier alpha value is -1.43. The lowest BCUT2D eigenvalue weighted by atomic mass is 9.66. The topological polar surface area (TPSA) is 69.7 Å². The number of hydrogen-bond donors (Lipinski definition) is 1. The van der Waals surface area contributed by atoms with Crippen molar-refractivity contribution in [2.45, 2.75) is 39.0 Å². The number of hydrogen-bond acceptors (Lipinski definition) is 4. The fraction of sp³-hybridized carbons (Fsp3) is 0.800. The molecule has 3 fully saturated rings. The summed E-state index contributed by atoms with van der Waals surface area (Å²) in [7, 11) is 2.08. The van der Waals surface area contributed by atoms with Crippen molar-refractivity contribution in [3.63, 3.8) is 0 Å². The Morgan fingerprint density at radius 3 is 2.24 bits per heavy atom. The van der Waals surface area contributed by atoms with Crippen LogP contribution in [0.4, 0.5) is 4.79 Å². The van der Waals surface area contributed by atoms with Crippen LogP contribution in [-0.4, -0.2) is 54.3 Å². The van der Waals surface area contributed by atoms with Crippen molar-refractivity contribution >= 4 is 17.8 Å². The van der Waals surface area contributed by atoms with E-state index < -0.39 is 17.4 Å². The largest absolute Gasteiger partial charge is 0.330 e. The quantitative estimate of drug-likeness (QED) is 0.770. The summed E-state index contributed by atoms with van der Waals surface area (Å²) in [6.07, 6.45) is 3.94. The minimum atomic E-state index is -0.949. The number of nitrogens with zero attached hydrogens (tertiary/aromatic N) is 2. The number of carbonyl (C=O) groups excluding carboxylic acids is 3. The second-order valence-electron chi connectivity index (χ2n) is 7.20. The molecule has 116 valence electrons. The third-order valence-corrected chi connectivity index (χ3v) is 5.50. The number of amides is 4. The van der Waals surface area contributed by atoms with E-state index in [1.807, 2.05) is 0 Å². The number of imide groups is 2. The number of rotatable bonds is 2. The van der Waals surface area contributed by atoms with Gasteiger partial charge in [-0.1, -0.05) is 13.3 Å². The average Bonchev–Trinajstić information content (AvgIpc) is 2.37. The molecule has 0 bridgehead atoms. The van der Waals surface area contributed by atoms with Gasteiger partial charge in [0.05, 0.1) is 0 Å². The third-order valence-electron chi connectivity index (χ3n) is 5.50. The molecule has 6 nitrogen and oxygen atoms in total. The molecule has 0 radical (unpaired) electrons. The predicted molar refractivity (Wildman–Crippen MR) is 76.4 cm³/mol. The zero-order chi connectivity index (χ0) is 15.3. The van der Waals surface area contributed by atoms with Gasteiger partial charge < -0.3 is 4.90 Å². The lowest BCUT2D eigenvalue weighted by Crippen LogP contribution is -2.67. The Balaban J connectivity index is 1.76. The molecular weight excluding hydrogens is 270 g/mol. The van der Waals surface area contributed by atoms with Crippen LogP contribution in [0.1, 0.15) is 39.0 Å². The first-order valence-corrected chi connectivity index (χ1v) is 7.72. The van der Waals surface area contributed by atoms with Gasteiger partial charge in [0.2, 0.25) is 11.8 Å². The van der Waals surface area contributed by atoms with E-state index in [4.69, 9.17) is 0 Å². The summed E-state index contributed by atoms with van der Waals surface area (Å²) in [6, 6.07) is -0.539. The number of likely N-dealkylation sites (tertiary alicyclic amines) is 1. The second-order valence-corrected chi connectivity index (χ2v) is 7.20. The van der Waals surface area contributed by atoms with Gasteiger partial charge in [0.25, 0.3) is 0 Å². The van der Waals surface area contributed by atoms with Crippen molar-refractivity contribution in [2.75, 3.05) is 26.7 Å². The van der Waals surface area contributed by atoms with Gasteiger partial charge in [0, 0.05) is 6.54 Å². The molecule has 1 spiro atoms. The fourth-order valence-corrected chi connectivity index (χ4v) is 3.54. The zero-order valence-corrected chi connectivity index (χ0v) is 12.8. The van der Waals surface area contributed by atoms with E-state index in [2.05, 4.69) is 24.2 Å². The van der Waals surface area contributed by atoms with Crippen molar-refractivity contribution in [2.24, 2.45) is 10.8 Å². The summed E-state index contributed by atoms with van der Waals surface area (Å²) in [5, 5.41) is 2.38. The first-order valence-electron chi connectivity index (χ1n) is 7.72. The molecule has 4 amide bonds. The van der Waals surface area contributed by atoms with Crippen LogP contribution >= 0.6 is 0 Å². The first kappa shape index (κ1) is 14.5. The maximum absolute atomic E-state index is 12.7. The van der Waals surface area contributed by atoms with E-state index in [0.29, 0.717) is 19.4 Å². The van der Waals surface area contributed by atoms with Crippen molar-refractivity contribution in [1.82, 2.24) is 15.1 Å². The van der Waals surface area contributed by atoms with Crippen LogP contribution in [0, 0.1) is 10.8 Å². The number of urea groups is 1. The molecule has 6 heteroatoms. The molecule has 0 aromatic heterocycles. The molecule has 2 saturated heterocycles. The van der Waals surface area contributed by atoms with Crippen LogP contribution < -0.4 is 5.32 Å². The van der Waals surface area contributed by atoms with Crippen LogP contribution in [0.3, 0.4) is 0 Å². The van der Waals surface area contributed by atoms with Crippen molar-refractivity contribution in [1.29, 1.82) is 0 Å². The Morgan fingerprint density at radius 1 is 1.10 bits per heavy atom. The van der Waals surface area contributed by atoms with Crippen molar-refractivity contribution in [3.05, 3.63) is 0 Å². The smallest absolute Gasteiger partial charge is 0.306 e. The summed E-state index contributed by atoms with van der Waals surface area (Å²) >= 11 is 0. The van der Waals surface area contributed by atoms with Gasteiger partial charge in [-0.15, -0.1) is 0 Å². The van der Waals surface area contributed by atoms with Crippen LogP contribution in [0.15, 0.2) is 0 Å². The average molecular weight is 293 g/mol. The minimum Gasteiger partial charge on any atom is -0.306 e. The first-order chi connectivity index (χ1) is 9.86. The van der Waals surface area contributed by atoms with Crippen LogP contribution in [0.2, 0.25) is 0 Å². The molecule has 0 atom stereocenters. The molecule has 1 aliphatic carbocycles. The maximum atomic E-state index is 12.7. The van der Waals surface area contributed by atoms with Gasteiger partial charge >= 0.3 is 6.03 Å². The molecule has 3 aliphatic rings. The SMILES string of the molecule is CN1CCC(C)(CN2C(=O)NC(=O)C3(CCC3)C2=O)CC1. The Bertz CT molecular complexity index is 490. The summed E-state index contributed by atoms with van der Waals surface area (Å²) in [4.78, 5) is 40.3. The molecule has 2 heterocycles. The van der Waals surface area contributed by atoms with Crippen molar-refractivity contribution < 1.29 is 14.4 Å². The standard InChI is InChI=1S/C15H23N3O3/c1-14(6-8-17(2)9-7-14)10-18-12(20)15(4-3-5-15)11(19)16-13(18)21/h3-10H2,1-2H3,(H,16,19,21). The molecule has 2 aliphatic heterocycles. The van der Waals surface area contributed by atoms with Gasteiger partial charge in [0.15, 0.2) is 0 Å². The van der Waals surface area contributed by atoms with Gasteiger partial charge in [-0.2, -0.15) is 0 Å². The molecule has 0 unspecified atom stereocenters. The summed E-state index contributed by atoms with van der Waals surface area (Å²) in [5.74, 6) is -0.670. The molecule has 3 rings (SSSR count). The highest BCUT2D eigenvalue weighted by atomic mass is 16.2. The molecule has 21 heavy (non-hydrogen) atoms. The normalized spacial score (nSPS) is 28.5. The molecule has 0 aromatic carbocycles. The molecule has 1 saturated carbocycles. The highest BCUT2D eigenvalue weighted by Gasteiger charge is 2.57. The maximum Gasteiger partial charge on any atom is 0.330 e. The van der Waals surface area contributed by atoms with E-state index in [-0.39, 0.29) is 11.3 Å². The zero-order valence-electron chi connectivity index (χ0n) is 12.8. The highest BCUT2D eigenvalue weighted by Crippen LogP contribution is 2.45. The van der Waals surface area contributed by atoms with E-state index >= 15 is 0 Å². The van der Waals surface area contributed by atoms with E-state index in [9.17, 15) is 14.4 Å². The van der Waals surface area contributed by atoms with Crippen LogP contribution in [0.25, 0.3) is 0 Å². The highest BCUT2D eigenvalue weighted by molar-refractivity contribution is 6.19.